The molecule has 1 saturated heterocycles. The second kappa shape index (κ2) is 12.1. The first kappa shape index (κ1) is 25.1. The van der Waals surface area contributed by atoms with E-state index in [1.165, 1.54) is 0 Å². The third-order valence-corrected chi connectivity index (χ3v) is 6.45. The van der Waals surface area contributed by atoms with Gasteiger partial charge in [-0.05, 0) is 55.5 Å². The molecule has 0 bridgehead atoms. The van der Waals surface area contributed by atoms with Gasteiger partial charge in [-0.2, -0.15) is 0 Å². The number of methoxy groups -OCH3 is 1. The third kappa shape index (κ3) is 7.00. The van der Waals surface area contributed by atoms with Gasteiger partial charge in [0, 0.05) is 44.7 Å². The van der Waals surface area contributed by atoms with Crippen molar-refractivity contribution in [1.82, 2.24) is 5.32 Å². The lowest BCUT2D eigenvalue weighted by atomic mass is 9.98. The van der Waals surface area contributed by atoms with Crippen molar-refractivity contribution in [2.24, 2.45) is 5.92 Å². The monoisotopic (exact) mass is 492 g/mol. The van der Waals surface area contributed by atoms with Gasteiger partial charge in [0.25, 0.3) is 5.91 Å². The molecule has 0 saturated carbocycles. The molecule has 0 unspecified atom stereocenters. The molecule has 7 nitrogen and oxygen atoms in total. The van der Waals surface area contributed by atoms with Gasteiger partial charge >= 0.3 is 6.03 Å². The third-order valence-electron chi connectivity index (χ3n) is 5.63. The van der Waals surface area contributed by atoms with E-state index in [4.69, 9.17) is 27.9 Å². The van der Waals surface area contributed by atoms with Gasteiger partial charge in [0.15, 0.2) is 0 Å². The Balaban J connectivity index is 1.77. The molecule has 3 N–H and O–H groups in total. The molecule has 0 atom stereocenters. The van der Waals surface area contributed by atoms with Crippen LogP contribution in [-0.4, -0.2) is 45.3 Å². The van der Waals surface area contributed by atoms with Crippen LogP contribution in [0.4, 0.5) is 21.9 Å². The fourth-order valence-electron chi connectivity index (χ4n) is 3.72. The van der Waals surface area contributed by atoms with Crippen LogP contribution in [0.1, 0.15) is 36.5 Å². The van der Waals surface area contributed by atoms with Crippen molar-refractivity contribution in [1.29, 1.82) is 0 Å². The Morgan fingerprint density at radius 3 is 2.61 bits per heavy atom. The molecule has 33 heavy (non-hydrogen) atoms. The van der Waals surface area contributed by atoms with Gasteiger partial charge in [0.1, 0.15) is 0 Å². The lowest BCUT2D eigenvalue weighted by Crippen LogP contribution is -2.35. The highest BCUT2D eigenvalue weighted by atomic mass is 35.5. The number of hydrogen-bond acceptors (Lipinski definition) is 4. The number of urea groups is 1. The Labute approximate surface area is 204 Å². The highest BCUT2D eigenvalue weighted by Gasteiger charge is 2.22. The molecule has 0 aromatic heterocycles. The predicted molar refractivity (Wildman–Crippen MR) is 135 cm³/mol. The molecule has 1 heterocycles. The van der Waals surface area contributed by atoms with E-state index in [2.05, 4.69) is 27.8 Å². The number of halogens is 2. The van der Waals surface area contributed by atoms with Gasteiger partial charge < -0.3 is 25.6 Å². The van der Waals surface area contributed by atoms with Gasteiger partial charge in [0.2, 0.25) is 0 Å². The summed E-state index contributed by atoms with van der Waals surface area (Å²) in [6.07, 6.45) is 2.88. The summed E-state index contributed by atoms with van der Waals surface area (Å²) in [5, 5.41) is 9.03. The van der Waals surface area contributed by atoms with Gasteiger partial charge in [-0.25, -0.2) is 4.79 Å². The van der Waals surface area contributed by atoms with Crippen LogP contribution in [0.15, 0.2) is 36.4 Å². The predicted octanol–water partition coefficient (Wildman–Crippen LogP) is 5.64. The molecular weight excluding hydrogens is 463 g/mol. The fraction of sp³-hybridized carbons (Fsp3) is 0.417. The first-order valence-electron chi connectivity index (χ1n) is 11.1. The first-order valence-corrected chi connectivity index (χ1v) is 11.8. The number of benzene rings is 2. The molecule has 2 aromatic carbocycles. The lowest BCUT2D eigenvalue weighted by molar-refractivity contribution is 0.0949. The van der Waals surface area contributed by atoms with Crippen molar-refractivity contribution >= 4 is 52.2 Å². The highest BCUT2D eigenvalue weighted by Crippen LogP contribution is 2.31. The largest absolute Gasteiger partial charge is 0.385 e. The van der Waals surface area contributed by atoms with Crippen LogP contribution in [0.25, 0.3) is 0 Å². The molecule has 0 radical (unpaired) electrons. The molecular formula is C24H30Cl2N4O3. The van der Waals surface area contributed by atoms with Crippen molar-refractivity contribution in [3.8, 4) is 0 Å². The smallest absolute Gasteiger partial charge is 0.323 e. The van der Waals surface area contributed by atoms with E-state index in [9.17, 15) is 9.59 Å². The number of hydrogen-bond donors (Lipinski definition) is 3. The van der Waals surface area contributed by atoms with Crippen molar-refractivity contribution in [2.75, 3.05) is 48.9 Å². The van der Waals surface area contributed by atoms with Gasteiger partial charge in [-0.3, -0.25) is 4.79 Å². The van der Waals surface area contributed by atoms with E-state index in [1.807, 2.05) is 6.07 Å². The molecule has 0 spiro atoms. The summed E-state index contributed by atoms with van der Waals surface area (Å²) < 4.78 is 5.05. The maximum absolute atomic E-state index is 13.0. The maximum Gasteiger partial charge on any atom is 0.323 e. The summed E-state index contributed by atoms with van der Waals surface area (Å²) in [5.74, 6) is 0.497. The van der Waals surface area contributed by atoms with Gasteiger partial charge in [0.05, 0.1) is 21.3 Å². The van der Waals surface area contributed by atoms with Crippen LogP contribution >= 0.6 is 23.2 Å². The molecule has 0 aliphatic carbocycles. The Hall–Kier alpha value is -2.48. The molecule has 3 rings (SSSR count). The number of piperidine rings is 1. The summed E-state index contributed by atoms with van der Waals surface area (Å²) in [4.78, 5) is 27.8. The Morgan fingerprint density at radius 1 is 1.12 bits per heavy atom. The van der Waals surface area contributed by atoms with Gasteiger partial charge in [-0.1, -0.05) is 36.2 Å². The average Bonchev–Trinajstić information content (AvgIpc) is 2.80. The van der Waals surface area contributed by atoms with E-state index in [0.29, 0.717) is 41.0 Å². The van der Waals surface area contributed by atoms with Gasteiger partial charge in [-0.15, -0.1) is 0 Å². The molecule has 1 fully saturated rings. The zero-order valence-corrected chi connectivity index (χ0v) is 20.4. The van der Waals surface area contributed by atoms with E-state index >= 15 is 0 Å². The van der Waals surface area contributed by atoms with Crippen LogP contribution in [0, 0.1) is 5.92 Å². The minimum atomic E-state index is -0.481. The van der Waals surface area contributed by atoms with Crippen LogP contribution in [-0.2, 0) is 4.74 Å². The summed E-state index contributed by atoms with van der Waals surface area (Å²) in [5.41, 5.74) is 2.30. The Kier molecular flexibility index (Phi) is 9.23. The fourth-order valence-corrected chi connectivity index (χ4v) is 4.07. The number of amides is 3. The summed E-state index contributed by atoms with van der Waals surface area (Å²) in [7, 11) is 1.63. The quantitative estimate of drug-likeness (QED) is 0.416. The zero-order chi connectivity index (χ0) is 23.8. The number of nitrogens with zero attached hydrogens (tertiary/aromatic N) is 1. The van der Waals surface area contributed by atoms with Crippen molar-refractivity contribution < 1.29 is 14.3 Å². The molecule has 2 aromatic rings. The number of ether oxygens (including phenoxy) is 1. The summed E-state index contributed by atoms with van der Waals surface area (Å²) in [6.45, 7) is 5.12. The molecule has 9 heteroatoms. The maximum atomic E-state index is 13.0. The molecule has 1 aliphatic rings. The topological polar surface area (TPSA) is 82.7 Å². The van der Waals surface area contributed by atoms with Crippen LogP contribution < -0.4 is 20.9 Å². The normalized spacial score (nSPS) is 14.1. The van der Waals surface area contributed by atoms with E-state index in [0.717, 1.165) is 38.0 Å². The number of carbonyl (C=O) groups excluding carboxylic acids is 2. The summed E-state index contributed by atoms with van der Waals surface area (Å²) >= 11 is 12.2. The number of anilines is 3. The first-order chi connectivity index (χ1) is 15.9. The number of carbonyl (C=O) groups is 2. The second-order valence-electron chi connectivity index (χ2n) is 8.18. The Morgan fingerprint density at radius 2 is 1.88 bits per heavy atom. The SMILES string of the molecule is COCCCNC(=O)c1cc(NC(=O)Nc2cccc(Cl)c2Cl)ccc1N1CCC(C)CC1. The van der Waals surface area contributed by atoms with Crippen LogP contribution in [0.5, 0.6) is 0 Å². The number of rotatable bonds is 8. The van der Waals surface area contributed by atoms with Crippen molar-refractivity contribution in [3.63, 3.8) is 0 Å². The summed E-state index contributed by atoms with van der Waals surface area (Å²) in [6, 6.07) is 9.92. The standard InChI is InChI=1S/C24H30Cl2N4O3/c1-16-9-12-30(13-10-16)21-8-7-17(15-18(21)23(31)27-11-4-14-33-2)28-24(32)29-20-6-3-5-19(25)22(20)26/h3,5-8,15-16H,4,9-14H2,1-2H3,(H,27,31)(H2,28,29,32). The zero-order valence-electron chi connectivity index (χ0n) is 18.9. The van der Waals surface area contributed by atoms with Crippen LogP contribution in [0.2, 0.25) is 10.0 Å². The van der Waals surface area contributed by atoms with Crippen molar-refractivity contribution in [3.05, 3.63) is 52.0 Å². The molecule has 3 amide bonds. The van der Waals surface area contributed by atoms with E-state index in [-0.39, 0.29) is 10.9 Å². The number of nitrogens with one attached hydrogen (secondary N) is 3. The Bertz CT molecular complexity index is 978. The average molecular weight is 493 g/mol. The van der Waals surface area contributed by atoms with E-state index in [1.54, 1.807) is 37.4 Å². The molecule has 1 aliphatic heterocycles. The molecule has 178 valence electrons. The van der Waals surface area contributed by atoms with E-state index < -0.39 is 6.03 Å². The lowest BCUT2D eigenvalue weighted by Gasteiger charge is -2.33. The highest BCUT2D eigenvalue weighted by molar-refractivity contribution is 6.44. The minimum absolute atomic E-state index is 0.179. The second-order valence-corrected chi connectivity index (χ2v) is 8.97. The minimum Gasteiger partial charge on any atom is -0.385 e. The van der Waals surface area contributed by atoms with Crippen LogP contribution in [0.3, 0.4) is 0 Å². The van der Waals surface area contributed by atoms with Crippen molar-refractivity contribution in [2.45, 2.75) is 26.2 Å².